The highest BCUT2D eigenvalue weighted by atomic mass is 35.5. The summed E-state index contributed by atoms with van der Waals surface area (Å²) in [5, 5.41) is 8.01. The number of halogens is 2. The first-order valence-electron chi connectivity index (χ1n) is 9.81. The number of aliphatic imine (C=N–C) groups is 1. The quantitative estimate of drug-likeness (QED) is 0.817. The van der Waals surface area contributed by atoms with Crippen molar-refractivity contribution >= 4 is 29.0 Å². The van der Waals surface area contributed by atoms with Gasteiger partial charge >= 0.3 is 0 Å². The third-order valence-corrected chi connectivity index (χ3v) is 6.06. The van der Waals surface area contributed by atoms with Gasteiger partial charge in [0.25, 0.3) is 5.91 Å². The average Bonchev–Trinajstić information content (AvgIpc) is 3.47. The van der Waals surface area contributed by atoms with Gasteiger partial charge in [0.2, 0.25) is 0 Å². The van der Waals surface area contributed by atoms with Crippen molar-refractivity contribution in [2.75, 3.05) is 31.6 Å². The minimum Gasteiger partial charge on any atom is -0.381 e. The predicted molar refractivity (Wildman–Crippen MR) is 107 cm³/mol. The van der Waals surface area contributed by atoms with Gasteiger partial charge in [-0.25, -0.2) is 9.38 Å². The zero-order chi connectivity index (χ0) is 20.0. The first kappa shape index (κ1) is 18.6. The van der Waals surface area contributed by atoms with E-state index in [1.54, 1.807) is 17.1 Å². The second-order valence-corrected chi connectivity index (χ2v) is 8.03. The van der Waals surface area contributed by atoms with Gasteiger partial charge < -0.3 is 15.0 Å². The van der Waals surface area contributed by atoms with Crippen molar-refractivity contribution in [3.63, 3.8) is 0 Å². The molecule has 1 unspecified atom stereocenters. The molecular formula is C20H21ClFN5O2. The van der Waals surface area contributed by atoms with Crippen LogP contribution in [0, 0.1) is 5.92 Å². The molecule has 1 aromatic rings. The minimum absolute atomic E-state index is 0.0501. The summed E-state index contributed by atoms with van der Waals surface area (Å²) in [5.74, 6) is 0.772. The van der Waals surface area contributed by atoms with E-state index in [1.165, 1.54) is 0 Å². The molecule has 1 atom stereocenters. The van der Waals surface area contributed by atoms with Crippen molar-refractivity contribution < 1.29 is 13.9 Å². The first-order chi connectivity index (χ1) is 14.1. The molecule has 0 radical (unpaired) electrons. The number of rotatable bonds is 4. The molecule has 29 heavy (non-hydrogen) atoms. The van der Waals surface area contributed by atoms with E-state index in [-0.39, 0.29) is 17.4 Å². The van der Waals surface area contributed by atoms with Crippen LogP contribution in [0.15, 0.2) is 45.3 Å². The lowest BCUT2D eigenvalue weighted by Crippen LogP contribution is -2.41. The summed E-state index contributed by atoms with van der Waals surface area (Å²) in [6, 6.07) is 1.99. The number of ether oxygens (including phenoxy) is 1. The van der Waals surface area contributed by atoms with Gasteiger partial charge in [-0.1, -0.05) is 17.7 Å². The van der Waals surface area contributed by atoms with Crippen molar-refractivity contribution in [2.45, 2.75) is 25.9 Å². The SMILES string of the molecule is O=C(C1=NC2=CCC(F)=C(Cl)C2=C1)N1CCn2nc(NCC3CCOC3)cc2C1. The normalized spacial score (nSPS) is 23.4. The number of carbonyl (C=O) groups is 1. The number of fused-ring (bicyclic) bond motifs is 2. The summed E-state index contributed by atoms with van der Waals surface area (Å²) in [4.78, 5) is 19.1. The molecule has 0 bridgehead atoms. The van der Waals surface area contributed by atoms with Crippen LogP contribution in [0.1, 0.15) is 18.5 Å². The molecule has 7 nitrogen and oxygen atoms in total. The van der Waals surface area contributed by atoms with Crippen LogP contribution >= 0.6 is 11.6 Å². The molecule has 1 N–H and O–H groups in total. The lowest BCUT2D eigenvalue weighted by atomic mass is 10.1. The zero-order valence-corrected chi connectivity index (χ0v) is 16.6. The lowest BCUT2D eigenvalue weighted by molar-refractivity contribution is -0.125. The maximum atomic E-state index is 13.7. The van der Waals surface area contributed by atoms with Gasteiger partial charge in [0.05, 0.1) is 36.1 Å². The summed E-state index contributed by atoms with van der Waals surface area (Å²) in [5.41, 5.74) is 2.33. The summed E-state index contributed by atoms with van der Waals surface area (Å²) in [6.07, 6.45) is 4.42. The Balaban J connectivity index is 1.26. The van der Waals surface area contributed by atoms with E-state index in [1.807, 2.05) is 10.7 Å². The van der Waals surface area contributed by atoms with E-state index in [2.05, 4.69) is 15.4 Å². The lowest BCUT2D eigenvalue weighted by Gasteiger charge is -2.27. The summed E-state index contributed by atoms with van der Waals surface area (Å²) >= 11 is 6.04. The van der Waals surface area contributed by atoms with Crippen LogP contribution in [-0.2, 0) is 22.6 Å². The van der Waals surface area contributed by atoms with E-state index in [0.29, 0.717) is 42.5 Å². The largest absolute Gasteiger partial charge is 0.381 e. The molecule has 0 spiro atoms. The zero-order valence-electron chi connectivity index (χ0n) is 15.8. The molecule has 9 heteroatoms. The molecular weight excluding hydrogens is 397 g/mol. The van der Waals surface area contributed by atoms with Crippen molar-refractivity contribution in [3.8, 4) is 0 Å². The molecule has 152 valence electrons. The second-order valence-electron chi connectivity index (χ2n) is 7.65. The van der Waals surface area contributed by atoms with Crippen molar-refractivity contribution in [1.29, 1.82) is 0 Å². The molecule has 5 rings (SSSR count). The Morgan fingerprint density at radius 1 is 1.41 bits per heavy atom. The predicted octanol–water partition coefficient (Wildman–Crippen LogP) is 2.76. The number of carbonyl (C=O) groups excluding carboxylic acids is 1. The number of nitrogens with zero attached hydrogens (tertiary/aromatic N) is 4. The van der Waals surface area contributed by atoms with Gasteiger partial charge in [0.15, 0.2) is 0 Å². The molecule has 1 aliphatic carbocycles. The van der Waals surface area contributed by atoms with Crippen LogP contribution in [-0.4, -0.2) is 52.6 Å². The molecule has 0 saturated carbocycles. The van der Waals surface area contributed by atoms with E-state index in [9.17, 15) is 9.18 Å². The summed E-state index contributed by atoms with van der Waals surface area (Å²) < 4.78 is 21.1. The average molecular weight is 418 g/mol. The van der Waals surface area contributed by atoms with Crippen LogP contribution in [0.3, 0.4) is 0 Å². The number of hydrogen-bond donors (Lipinski definition) is 1. The molecule has 4 heterocycles. The fourth-order valence-corrected chi connectivity index (χ4v) is 4.21. The van der Waals surface area contributed by atoms with Crippen molar-refractivity contribution in [2.24, 2.45) is 10.9 Å². The van der Waals surface area contributed by atoms with Crippen LogP contribution in [0.5, 0.6) is 0 Å². The van der Waals surface area contributed by atoms with Crippen LogP contribution in [0.2, 0.25) is 0 Å². The maximum Gasteiger partial charge on any atom is 0.272 e. The van der Waals surface area contributed by atoms with Gasteiger partial charge in [-0.2, -0.15) is 5.10 Å². The van der Waals surface area contributed by atoms with Crippen LogP contribution in [0.4, 0.5) is 10.2 Å². The van der Waals surface area contributed by atoms with E-state index in [4.69, 9.17) is 16.3 Å². The molecule has 3 aliphatic heterocycles. The van der Waals surface area contributed by atoms with Gasteiger partial charge in [0, 0.05) is 43.7 Å². The van der Waals surface area contributed by atoms with Crippen LogP contribution in [0.25, 0.3) is 0 Å². The van der Waals surface area contributed by atoms with E-state index in [0.717, 1.165) is 37.7 Å². The van der Waals surface area contributed by atoms with Crippen molar-refractivity contribution in [1.82, 2.24) is 14.7 Å². The topological polar surface area (TPSA) is 71.8 Å². The van der Waals surface area contributed by atoms with Gasteiger partial charge in [-0.3, -0.25) is 9.48 Å². The third kappa shape index (κ3) is 3.51. The molecule has 1 amide bonds. The molecule has 0 aromatic carbocycles. The molecule has 1 aromatic heterocycles. The number of anilines is 1. The fourth-order valence-electron chi connectivity index (χ4n) is 3.98. The fraction of sp³-hybridized carbons (Fsp3) is 0.450. The Kier molecular flexibility index (Phi) is 4.75. The Bertz CT molecular complexity index is 987. The minimum atomic E-state index is -0.392. The highest BCUT2D eigenvalue weighted by Crippen LogP contribution is 2.37. The summed E-state index contributed by atoms with van der Waals surface area (Å²) in [6.45, 7) is 4.08. The monoisotopic (exact) mass is 417 g/mol. The Labute approximate surface area is 172 Å². The first-order valence-corrected chi connectivity index (χ1v) is 10.2. The maximum absolute atomic E-state index is 13.7. The molecule has 4 aliphatic rings. The van der Waals surface area contributed by atoms with Crippen LogP contribution < -0.4 is 5.32 Å². The van der Waals surface area contributed by atoms with Crippen molar-refractivity contribution in [3.05, 3.63) is 46.0 Å². The highest BCUT2D eigenvalue weighted by molar-refractivity contribution is 6.45. The van der Waals surface area contributed by atoms with E-state index < -0.39 is 5.83 Å². The standard InChI is InChI=1S/C20H21ClFN5O2/c21-19-14-8-17(24-16(14)2-1-15(19)22)20(28)26-4-5-27-13(10-26)7-18(25-27)23-9-12-3-6-29-11-12/h2,7-8,12H,1,3-6,9-11H2,(H,23,25). The Morgan fingerprint density at radius 3 is 3.14 bits per heavy atom. The molecule has 1 fully saturated rings. The smallest absolute Gasteiger partial charge is 0.272 e. The van der Waals surface area contributed by atoms with Gasteiger partial charge in [-0.15, -0.1) is 0 Å². The van der Waals surface area contributed by atoms with Gasteiger partial charge in [0.1, 0.15) is 17.4 Å². The number of amides is 1. The highest BCUT2D eigenvalue weighted by Gasteiger charge is 2.30. The third-order valence-electron chi connectivity index (χ3n) is 5.65. The Hall–Kier alpha value is -2.45. The number of aromatic nitrogens is 2. The number of nitrogens with one attached hydrogen (secondary N) is 1. The molecule has 1 saturated heterocycles. The number of hydrogen-bond acceptors (Lipinski definition) is 5. The Morgan fingerprint density at radius 2 is 2.31 bits per heavy atom. The number of allylic oxidation sites excluding steroid dienone is 3. The van der Waals surface area contributed by atoms with E-state index >= 15 is 0 Å². The second kappa shape index (κ2) is 7.42. The summed E-state index contributed by atoms with van der Waals surface area (Å²) in [7, 11) is 0. The van der Waals surface area contributed by atoms with Gasteiger partial charge in [-0.05, 0) is 12.5 Å².